The maximum atomic E-state index is 9.74. The fraction of sp³-hybridized carbons (Fsp3) is 0.556. The molecule has 1 aromatic carbocycles. The van der Waals surface area contributed by atoms with Crippen LogP contribution in [0.15, 0.2) is 30.5 Å². The van der Waals surface area contributed by atoms with Crippen molar-refractivity contribution in [2.45, 2.75) is 25.5 Å². The largest absolute Gasteiger partial charge is 0.394 e. The molecule has 0 amide bonds. The summed E-state index contributed by atoms with van der Waals surface area (Å²) in [4.78, 5) is 2.46. The summed E-state index contributed by atoms with van der Waals surface area (Å²) in [7, 11) is 0. The van der Waals surface area contributed by atoms with Crippen LogP contribution >= 0.6 is 0 Å². The van der Waals surface area contributed by atoms with Crippen molar-refractivity contribution in [1.29, 1.82) is 0 Å². The second-order valence-electron chi connectivity index (χ2n) is 6.22. The second kappa shape index (κ2) is 7.93. The van der Waals surface area contributed by atoms with Gasteiger partial charge in [0.15, 0.2) is 0 Å². The average Bonchev–Trinajstić information content (AvgIpc) is 2.94. The Morgan fingerprint density at radius 1 is 1.17 bits per heavy atom. The molecule has 5 heteroatoms. The normalized spacial score (nSPS) is 17.7. The molecule has 1 atom stereocenters. The van der Waals surface area contributed by atoms with Crippen molar-refractivity contribution >= 4 is 10.9 Å². The summed E-state index contributed by atoms with van der Waals surface area (Å²) < 4.78 is 7.44. The molecule has 0 aliphatic carbocycles. The van der Waals surface area contributed by atoms with Crippen LogP contribution in [0.3, 0.4) is 0 Å². The summed E-state index contributed by atoms with van der Waals surface area (Å²) in [5, 5.41) is 20.1. The molecule has 1 saturated heterocycles. The Kier molecular flexibility index (Phi) is 5.67. The molecule has 0 radical (unpaired) electrons. The number of hydrogen-bond acceptors (Lipinski definition) is 4. The second-order valence-corrected chi connectivity index (χ2v) is 6.22. The third kappa shape index (κ3) is 4.12. The van der Waals surface area contributed by atoms with Crippen molar-refractivity contribution in [2.24, 2.45) is 0 Å². The van der Waals surface area contributed by atoms with E-state index in [9.17, 15) is 5.11 Å². The number of hydrogen-bond donors (Lipinski definition) is 2. The number of rotatable bonds is 7. The first-order valence-corrected chi connectivity index (χ1v) is 8.43. The first-order valence-electron chi connectivity index (χ1n) is 8.43. The molecular weight excluding hydrogens is 292 g/mol. The molecule has 3 rings (SSSR count). The molecule has 0 spiro atoms. The number of aliphatic hydroxyl groups excluding tert-OH is 2. The van der Waals surface area contributed by atoms with Crippen LogP contribution in [0.1, 0.15) is 12.0 Å². The molecule has 1 aliphatic heterocycles. The number of para-hydroxylation sites is 1. The van der Waals surface area contributed by atoms with Gasteiger partial charge < -0.3 is 19.5 Å². The maximum Gasteiger partial charge on any atom is 0.0949 e. The highest BCUT2D eigenvalue weighted by molar-refractivity contribution is 5.84. The van der Waals surface area contributed by atoms with Crippen LogP contribution in [-0.2, 0) is 17.7 Å². The van der Waals surface area contributed by atoms with Crippen molar-refractivity contribution in [1.82, 2.24) is 9.47 Å². The van der Waals surface area contributed by atoms with Gasteiger partial charge in [0.25, 0.3) is 0 Å². The van der Waals surface area contributed by atoms with Crippen LogP contribution < -0.4 is 0 Å². The molecule has 5 nitrogen and oxygen atoms in total. The van der Waals surface area contributed by atoms with Gasteiger partial charge in [0.05, 0.1) is 32.5 Å². The lowest BCUT2D eigenvalue weighted by Gasteiger charge is -2.26. The lowest BCUT2D eigenvalue weighted by molar-refractivity contribution is 0.0375. The highest BCUT2D eigenvalue weighted by atomic mass is 16.5. The maximum absolute atomic E-state index is 9.74. The monoisotopic (exact) mass is 318 g/mol. The lowest BCUT2D eigenvalue weighted by atomic mass is 10.1. The van der Waals surface area contributed by atoms with Gasteiger partial charge in [-0.15, -0.1) is 0 Å². The van der Waals surface area contributed by atoms with E-state index in [2.05, 4.69) is 33.9 Å². The first kappa shape index (κ1) is 16.5. The molecule has 1 unspecified atom stereocenters. The van der Waals surface area contributed by atoms with E-state index in [0.29, 0.717) is 6.54 Å². The number of ether oxygens (including phenoxy) is 1. The SMILES string of the molecule is OCC(O)Cn1cc(CCCN2CCOCC2)c2ccccc21. The molecule has 2 heterocycles. The van der Waals surface area contributed by atoms with Crippen molar-refractivity contribution in [2.75, 3.05) is 39.5 Å². The Morgan fingerprint density at radius 2 is 1.96 bits per heavy atom. The molecule has 1 fully saturated rings. The average molecular weight is 318 g/mol. The summed E-state index contributed by atoms with van der Waals surface area (Å²) in [6, 6.07) is 8.29. The Morgan fingerprint density at radius 3 is 2.74 bits per heavy atom. The minimum atomic E-state index is -0.716. The molecule has 126 valence electrons. The van der Waals surface area contributed by atoms with E-state index in [1.165, 1.54) is 10.9 Å². The van der Waals surface area contributed by atoms with Crippen LogP contribution in [0.4, 0.5) is 0 Å². The molecular formula is C18H26N2O3. The number of aromatic nitrogens is 1. The van der Waals surface area contributed by atoms with Crippen LogP contribution in [0.25, 0.3) is 10.9 Å². The van der Waals surface area contributed by atoms with Gasteiger partial charge in [-0.1, -0.05) is 18.2 Å². The lowest BCUT2D eigenvalue weighted by Crippen LogP contribution is -2.36. The summed E-state index contributed by atoms with van der Waals surface area (Å²) in [5.74, 6) is 0. The van der Waals surface area contributed by atoms with Gasteiger partial charge >= 0.3 is 0 Å². The Bertz CT molecular complexity index is 620. The predicted octanol–water partition coefficient (Wildman–Crippen LogP) is 1.26. The molecule has 0 saturated carbocycles. The van der Waals surface area contributed by atoms with Gasteiger partial charge in [0.1, 0.15) is 0 Å². The van der Waals surface area contributed by atoms with Gasteiger partial charge in [0, 0.05) is 30.2 Å². The quantitative estimate of drug-likeness (QED) is 0.807. The molecule has 23 heavy (non-hydrogen) atoms. The molecule has 0 bridgehead atoms. The number of benzene rings is 1. The Balaban J connectivity index is 1.67. The molecule has 2 N–H and O–H groups in total. The zero-order chi connectivity index (χ0) is 16.1. The van der Waals surface area contributed by atoms with Gasteiger partial charge in [-0.2, -0.15) is 0 Å². The van der Waals surface area contributed by atoms with Crippen LogP contribution in [0.2, 0.25) is 0 Å². The van der Waals surface area contributed by atoms with Crippen LogP contribution in [0.5, 0.6) is 0 Å². The topological polar surface area (TPSA) is 57.9 Å². The Labute approximate surface area is 137 Å². The fourth-order valence-electron chi connectivity index (χ4n) is 3.28. The predicted molar refractivity (Wildman–Crippen MR) is 90.6 cm³/mol. The summed E-state index contributed by atoms with van der Waals surface area (Å²) in [5.41, 5.74) is 2.44. The van der Waals surface area contributed by atoms with Gasteiger partial charge in [0.2, 0.25) is 0 Å². The van der Waals surface area contributed by atoms with Crippen molar-refractivity contribution in [3.05, 3.63) is 36.0 Å². The van der Waals surface area contributed by atoms with Crippen LogP contribution in [-0.4, -0.2) is 65.2 Å². The minimum absolute atomic E-state index is 0.209. The standard InChI is InChI=1S/C18H26N2O3/c21-14-16(22)13-20-12-15(17-5-1-2-6-18(17)20)4-3-7-19-8-10-23-11-9-19/h1-2,5-6,12,16,21-22H,3-4,7-11,13-14H2. The van der Waals surface area contributed by atoms with Gasteiger partial charge in [-0.3, -0.25) is 4.90 Å². The van der Waals surface area contributed by atoms with E-state index in [0.717, 1.165) is 51.2 Å². The van der Waals surface area contributed by atoms with Crippen molar-refractivity contribution in [3.8, 4) is 0 Å². The third-order valence-corrected chi connectivity index (χ3v) is 4.51. The minimum Gasteiger partial charge on any atom is -0.394 e. The molecule has 1 aliphatic rings. The highest BCUT2D eigenvalue weighted by Crippen LogP contribution is 2.23. The third-order valence-electron chi connectivity index (χ3n) is 4.51. The number of nitrogens with zero attached hydrogens (tertiary/aromatic N) is 2. The Hall–Kier alpha value is -1.40. The highest BCUT2D eigenvalue weighted by Gasteiger charge is 2.13. The summed E-state index contributed by atoms with van der Waals surface area (Å²) in [6.07, 6.45) is 3.56. The van der Waals surface area contributed by atoms with Gasteiger partial charge in [-0.25, -0.2) is 0 Å². The zero-order valence-electron chi connectivity index (χ0n) is 13.5. The molecule has 1 aromatic heterocycles. The van der Waals surface area contributed by atoms with E-state index in [-0.39, 0.29) is 6.61 Å². The van der Waals surface area contributed by atoms with Crippen molar-refractivity contribution in [3.63, 3.8) is 0 Å². The van der Waals surface area contributed by atoms with E-state index in [1.807, 2.05) is 6.07 Å². The zero-order valence-corrected chi connectivity index (χ0v) is 13.5. The van der Waals surface area contributed by atoms with Gasteiger partial charge in [-0.05, 0) is 31.0 Å². The van der Waals surface area contributed by atoms with Crippen molar-refractivity contribution < 1.29 is 14.9 Å². The first-order chi connectivity index (χ1) is 11.3. The number of fused-ring (bicyclic) bond motifs is 1. The van der Waals surface area contributed by atoms with E-state index in [1.54, 1.807) is 0 Å². The van der Waals surface area contributed by atoms with Crippen LogP contribution in [0, 0.1) is 0 Å². The van der Waals surface area contributed by atoms with E-state index in [4.69, 9.17) is 9.84 Å². The fourth-order valence-corrected chi connectivity index (χ4v) is 3.28. The smallest absolute Gasteiger partial charge is 0.0949 e. The summed E-state index contributed by atoms with van der Waals surface area (Å²) >= 11 is 0. The molecule has 2 aromatic rings. The van der Waals surface area contributed by atoms with E-state index < -0.39 is 6.10 Å². The number of aliphatic hydroxyl groups is 2. The number of morpholine rings is 1. The van der Waals surface area contributed by atoms with E-state index >= 15 is 0 Å². The summed E-state index contributed by atoms with van der Waals surface area (Å²) in [6.45, 7) is 5.08. The number of aryl methyl sites for hydroxylation is 1.